The van der Waals surface area contributed by atoms with E-state index in [1.165, 1.54) is 5.56 Å². The van der Waals surface area contributed by atoms with Gasteiger partial charge in [0.05, 0.1) is 10.2 Å². The van der Waals surface area contributed by atoms with Crippen LogP contribution in [0, 0.1) is 0 Å². The maximum atomic E-state index is 5.70. The summed E-state index contributed by atoms with van der Waals surface area (Å²) in [7, 11) is 0. The number of hydrogen-bond donors (Lipinski definition) is 0. The van der Waals surface area contributed by atoms with Crippen molar-refractivity contribution in [2.75, 3.05) is 0 Å². The van der Waals surface area contributed by atoms with Crippen molar-refractivity contribution in [1.29, 1.82) is 0 Å². The van der Waals surface area contributed by atoms with E-state index in [-0.39, 0.29) is 0 Å². The molecule has 0 N–H and O–H groups in total. The fourth-order valence-electron chi connectivity index (χ4n) is 1.38. The Kier molecular flexibility index (Phi) is 4.57. The van der Waals surface area contributed by atoms with Crippen LogP contribution in [0.4, 0.5) is 0 Å². The summed E-state index contributed by atoms with van der Waals surface area (Å²) in [6.07, 6.45) is 1.77. The van der Waals surface area contributed by atoms with Crippen molar-refractivity contribution in [2.24, 2.45) is 0 Å². The summed E-state index contributed by atoms with van der Waals surface area (Å²) >= 11 is 6.92. The lowest BCUT2D eigenvalue weighted by Gasteiger charge is -2.08. The topological polar surface area (TPSA) is 22.1 Å². The normalized spacial score (nSPS) is 10.2. The van der Waals surface area contributed by atoms with Crippen LogP contribution in [0.5, 0.6) is 5.75 Å². The van der Waals surface area contributed by atoms with Crippen LogP contribution in [-0.2, 0) is 11.9 Å². The Balaban J connectivity index is 2.04. The number of nitrogens with zero attached hydrogens (tertiary/aromatic N) is 1. The molecule has 0 fully saturated rings. The summed E-state index contributed by atoms with van der Waals surface area (Å²) in [5.41, 5.74) is 2.13. The van der Waals surface area contributed by atoms with Crippen LogP contribution in [0.25, 0.3) is 0 Å². The zero-order valence-corrected chi connectivity index (χ0v) is 12.2. The van der Waals surface area contributed by atoms with Crippen LogP contribution in [0.3, 0.4) is 0 Å². The third kappa shape index (κ3) is 3.54. The van der Waals surface area contributed by atoms with Crippen LogP contribution in [0.1, 0.15) is 11.3 Å². The number of alkyl halides is 1. The molecule has 88 valence electrons. The molecule has 0 saturated carbocycles. The lowest BCUT2D eigenvalue weighted by Crippen LogP contribution is -1.98. The molecule has 0 spiro atoms. The minimum atomic E-state index is 0.479. The van der Waals surface area contributed by atoms with E-state index >= 15 is 0 Å². The molecule has 0 unspecified atom stereocenters. The Labute approximate surface area is 117 Å². The fraction of sp³-hybridized carbons (Fsp3) is 0.154. The van der Waals surface area contributed by atoms with E-state index in [1.54, 1.807) is 6.20 Å². The first-order valence-electron chi connectivity index (χ1n) is 5.16. The van der Waals surface area contributed by atoms with Crippen LogP contribution >= 0.6 is 31.9 Å². The minimum absolute atomic E-state index is 0.479. The van der Waals surface area contributed by atoms with Gasteiger partial charge in [0.2, 0.25) is 0 Å². The Morgan fingerprint density at radius 1 is 1.18 bits per heavy atom. The highest BCUT2D eigenvalue weighted by Gasteiger charge is 2.03. The molecule has 2 aromatic rings. The van der Waals surface area contributed by atoms with Gasteiger partial charge in [-0.2, -0.15) is 0 Å². The van der Waals surface area contributed by atoms with Gasteiger partial charge in [-0.05, 0) is 45.8 Å². The number of benzene rings is 1. The number of pyridine rings is 1. The fourth-order valence-corrected chi connectivity index (χ4v) is 2.27. The second-order valence-corrected chi connectivity index (χ2v) is 4.92. The predicted octanol–water partition coefficient (Wildman–Crippen LogP) is 4.32. The monoisotopic (exact) mass is 355 g/mol. The standard InChI is InChI=1S/C13H11Br2NO/c14-8-10-4-5-13(12(15)7-10)17-9-11-3-1-2-6-16-11/h1-7H,8-9H2. The van der Waals surface area contributed by atoms with Gasteiger partial charge in [0.15, 0.2) is 0 Å². The average molecular weight is 357 g/mol. The van der Waals surface area contributed by atoms with Gasteiger partial charge in [-0.25, -0.2) is 0 Å². The summed E-state index contributed by atoms with van der Waals surface area (Å²) in [6, 6.07) is 11.8. The zero-order chi connectivity index (χ0) is 12.1. The Hall–Kier alpha value is -0.870. The van der Waals surface area contributed by atoms with E-state index < -0.39 is 0 Å². The highest BCUT2D eigenvalue weighted by atomic mass is 79.9. The molecule has 0 bridgehead atoms. The van der Waals surface area contributed by atoms with Gasteiger partial charge < -0.3 is 4.74 Å². The predicted molar refractivity (Wildman–Crippen MR) is 75.3 cm³/mol. The molecular weight excluding hydrogens is 346 g/mol. The van der Waals surface area contributed by atoms with Crippen molar-refractivity contribution in [2.45, 2.75) is 11.9 Å². The van der Waals surface area contributed by atoms with Crippen molar-refractivity contribution in [3.8, 4) is 5.75 Å². The Morgan fingerprint density at radius 2 is 2.06 bits per heavy atom. The summed E-state index contributed by atoms with van der Waals surface area (Å²) in [6.45, 7) is 0.479. The molecule has 0 aliphatic carbocycles. The number of rotatable bonds is 4. The first kappa shape index (κ1) is 12.6. The summed E-state index contributed by atoms with van der Waals surface area (Å²) in [4.78, 5) is 4.21. The quantitative estimate of drug-likeness (QED) is 0.761. The average Bonchev–Trinajstić information content (AvgIpc) is 2.38. The third-order valence-corrected chi connectivity index (χ3v) is 3.52. The van der Waals surface area contributed by atoms with Gasteiger partial charge in [0, 0.05) is 11.5 Å². The maximum Gasteiger partial charge on any atom is 0.134 e. The molecule has 1 heterocycles. The molecule has 1 aromatic carbocycles. The smallest absolute Gasteiger partial charge is 0.134 e. The zero-order valence-electron chi connectivity index (χ0n) is 9.07. The van der Waals surface area contributed by atoms with Crippen LogP contribution in [0.2, 0.25) is 0 Å². The molecule has 0 atom stereocenters. The largest absolute Gasteiger partial charge is 0.486 e. The summed E-state index contributed by atoms with van der Waals surface area (Å²) < 4.78 is 6.66. The van der Waals surface area contributed by atoms with E-state index in [4.69, 9.17) is 4.74 Å². The second kappa shape index (κ2) is 6.17. The molecule has 0 radical (unpaired) electrons. The Bertz CT molecular complexity index is 488. The molecule has 1 aromatic heterocycles. The molecule has 2 rings (SSSR count). The van der Waals surface area contributed by atoms with Crippen LogP contribution in [-0.4, -0.2) is 4.98 Å². The highest BCUT2D eigenvalue weighted by molar-refractivity contribution is 9.10. The van der Waals surface area contributed by atoms with Crippen molar-refractivity contribution in [3.05, 3.63) is 58.3 Å². The minimum Gasteiger partial charge on any atom is -0.486 e. The molecule has 4 heteroatoms. The first-order chi connectivity index (χ1) is 8.29. The van der Waals surface area contributed by atoms with Gasteiger partial charge in [0.1, 0.15) is 12.4 Å². The van der Waals surface area contributed by atoms with Crippen molar-refractivity contribution in [1.82, 2.24) is 4.98 Å². The summed E-state index contributed by atoms with van der Waals surface area (Å²) in [5.74, 6) is 0.834. The number of hydrogen-bond acceptors (Lipinski definition) is 2. The van der Waals surface area contributed by atoms with Gasteiger partial charge >= 0.3 is 0 Å². The molecule has 0 aliphatic heterocycles. The molecule has 0 amide bonds. The maximum absolute atomic E-state index is 5.70. The molecular formula is C13H11Br2NO. The van der Waals surface area contributed by atoms with Crippen molar-refractivity contribution in [3.63, 3.8) is 0 Å². The van der Waals surface area contributed by atoms with E-state index in [1.807, 2.05) is 36.4 Å². The van der Waals surface area contributed by atoms with Gasteiger partial charge in [-0.15, -0.1) is 0 Å². The highest BCUT2D eigenvalue weighted by Crippen LogP contribution is 2.27. The molecule has 0 saturated heterocycles. The molecule has 2 nitrogen and oxygen atoms in total. The number of ether oxygens (including phenoxy) is 1. The van der Waals surface area contributed by atoms with E-state index in [9.17, 15) is 0 Å². The first-order valence-corrected chi connectivity index (χ1v) is 7.08. The molecule has 0 aliphatic rings. The molecule has 17 heavy (non-hydrogen) atoms. The van der Waals surface area contributed by atoms with Crippen molar-refractivity contribution < 1.29 is 4.74 Å². The SMILES string of the molecule is BrCc1ccc(OCc2ccccn2)c(Br)c1. The second-order valence-electron chi connectivity index (χ2n) is 3.51. The van der Waals surface area contributed by atoms with E-state index in [2.05, 4.69) is 36.8 Å². The van der Waals surface area contributed by atoms with Crippen LogP contribution in [0.15, 0.2) is 47.1 Å². The number of halogens is 2. The van der Waals surface area contributed by atoms with Crippen molar-refractivity contribution >= 4 is 31.9 Å². The Morgan fingerprint density at radius 3 is 2.71 bits per heavy atom. The summed E-state index contributed by atoms with van der Waals surface area (Å²) in [5, 5.41) is 0.839. The number of aromatic nitrogens is 1. The van der Waals surface area contributed by atoms with E-state index in [0.717, 1.165) is 21.2 Å². The van der Waals surface area contributed by atoms with Gasteiger partial charge in [0.25, 0.3) is 0 Å². The van der Waals surface area contributed by atoms with E-state index in [0.29, 0.717) is 6.61 Å². The third-order valence-electron chi connectivity index (χ3n) is 2.25. The lowest BCUT2D eigenvalue weighted by molar-refractivity contribution is 0.299. The lowest BCUT2D eigenvalue weighted by atomic mass is 10.2. The van der Waals surface area contributed by atoms with Gasteiger partial charge in [-0.3, -0.25) is 4.98 Å². The van der Waals surface area contributed by atoms with Crippen LogP contribution < -0.4 is 4.74 Å². The van der Waals surface area contributed by atoms with Gasteiger partial charge in [-0.1, -0.05) is 28.1 Å².